The number of hydrogen-bond acceptors (Lipinski definition) is 3. The highest BCUT2D eigenvalue weighted by Gasteiger charge is 2.43. The third kappa shape index (κ3) is 3.47. The topological polar surface area (TPSA) is 40.6 Å². The molecule has 1 heterocycles. The Labute approximate surface area is 169 Å². The van der Waals surface area contributed by atoms with Crippen molar-refractivity contribution in [2.75, 3.05) is 11.4 Å². The highest BCUT2D eigenvalue weighted by Crippen LogP contribution is 2.38. The van der Waals surface area contributed by atoms with E-state index < -0.39 is 0 Å². The van der Waals surface area contributed by atoms with Crippen LogP contribution in [0.1, 0.15) is 26.3 Å². The largest absolute Gasteiger partial charge is 0.337 e. The summed E-state index contributed by atoms with van der Waals surface area (Å²) in [6.45, 7) is 6.10. The van der Waals surface area contributed by atoms with Gasteiger partial charge in [-0.25, -0.2) is 0 Å². The van der Waals surface area contributed by atoms with Crippen molar-refractivity contribution in [2.24, 2.45) is 0 Å². The first-order valence-electron chi connectivity index (χ1n) is 8.77. The zero-order valence-electron chi connectivity index (χ0n) is 15.4. The number of likely N-dealkylation sites (N-methyl/N-ethyl adjacent to an activating group) is 1. The van der Waals surface area contributed by atoms with Crippen molar-refractivity contribution in [3.8, 4) is 0 Å². The smallest absolute Gasteiger partial charge is 0.278 e. The van der Waals surface area contributed by atoms with E-state index in [9.17, 15) is 9.59 Å². The van der Waals surface area contributed by atoms with E-state index in [0.29, 0.717) is 33.4 Å². The van der Waals surface area contributed by atoms with Gasteiger partial charge in [0.25, 0.3) is 11.8 Å². The molecule has 0 saturated carbocycles. The molecule has 1 aliphatic heterocycles. The highest BCUT2D eigenvalue weighted by molar-refractivity contribution is 6.41. The van der Waals surface area contributed by atoms with Gasteiger partial charge in [-0.1, -0.05) is 47.5 Å². The molecule has 0 atom stereocenters. The van der Waals surface area contributed by atoms with Gasteiger partial charge >= 0.3 is 0 Å². The van der Waals surface area contributed by atoms with Gasteiger partial charge < -0.3 is 4.90 Å². The molecule has 1 aliphatic rings. The highest BCUT2D eigenvalue weighted by atomic mass is 35.5. The van der Waals surface area contributed by atoms with Gasteiger partial charge in [0.15, 0.2) is 0 Å². The van der Waals surface area contributed by atoms with Crippen LogP contribution in [0.15, 0.2) is 54.2 Å². The molecular weight excluding hydrogens is 383 g/mol. The average Bonchev–Trinajstić information content (AvgIpc) is 2.88. The molecule has 4 nitrogen and oxygen atoms in total. The zero-order valence-corrected chi connectivity index (χ0v) is 16.9. The van der Waals surface area contributed by atoms with Crippen LogP contribution in [-0.4, -0.2) is 29.3 Å². The van der Waals surface area contributed by atoms with Crippen LogP contribution >= 0.6 is 23.2 Å². The Morgan fingerprint density at radius 3 is 2.22 bits per heavy atom. The Morgan fingerprint density at radius 2 is 1.67 bits per heavy atom. The van der Waals surface area contributed by atoms with Crippen molar-refractivity contribution < 1.29 is 9.59 Å². The second kappa shape index (κ2) is 7.75. The number of halogens is 2. The summed E-state index contributed by atoms with van der Waals surface area (Å²) in [6, 6.07) is 14.2. The minimum atomic E-state index is -0.344. The fourth-order valence-electron chi connectivity index (χ4n) is 3.27. The molecule has 27 heavy (non-hydrogen) atoms. The van der Waals surface area contributed by atoms with Crippen molar-refractivity contribution in [1.82, 2.24) is 4.90 Å². The van der Waals surface area contributed by atoms with E-state index >= 15 is 0 Å². The van der Waals surface area contributed by atoms with E-state index in [1.165, 1.54) is 4.90 Å². The summed E-state index contributed by atoms with van der Waals surface area (Å²) >= 11 is 12.4. The molecule has 0 spiro atoms. The van der Waals surface area contributed by atoms with E-state index in [0.717, 1.165) is 5.69 Å². The molecular formula is C21H20Cl2N2O2. The molecule has 140 valence electrons. The molecule has 2 aromatic carbocycles. The second-order valence-electron chi connectivity index (χ2n) is 6.50. The molecule has 2 amide bonds. The molecule has 0 aliphatic carbocycles. The van der Waals surface area contributed by atoms with Gasteiger partial charge in [-0.3, -0.25) is 14.5 Å². The maximum Gasteiger partial charge on any atom is 0.278 e. The molecule has 0 aromatic heterocycles. The summed E-state index contributed by atoms with van der Waals surface area (Å²) in [6.07, 6.45) is 0. The van der Waals surface area contributed by atoms with Crippen molar-refractivity contribution in [3.63, 3.8) is 0 Å². The number of carbonyl (C=O) groups is 2. The van der Waals surface area contributed by atoms with Crippen LogP contribution in [0.25, 0.3) is 5.57 Å². The number of hydrogen-bond donors (Lipinski definition) is 0. The van der Waals surface area contributed by atoms with E-state index in [1.807, 2.05) is 56.0 Å². The SMILES string of the molecule is CCN(C1=C(c2ccc(Cl)cc2Cl)C(=O)N(C(C)C)C1=O)c1ccccc1. The van der Waals surface area contributed by atoms with E-state index in [2.05, 4.69) is 0 Å². The first kappa shape index (κ1) is 19.5. The molecule has 0 N–H and O–H groups in total. The fraction of sp³-hybridized carbons (Fsp3) is 0.238. The molecule has 2 aromatic rings. The summed E-state index contributed by atoms with van der Waals surface area (Å²) in [5, 5.41) is 0.810. The number of anilines is 1. The van der Waals surface area contributed by atoms with Crippen LogP contribution in [0.5, 0.6) is 0 Å². The van der Waals surface area contributed by atoms with Crippen LogP contribution < -0.4 is 4.90 Å². The summed E-state index contributed by atoms with van der Waals surface area (Å²) < 4.78 is 0. The molecule has 0 unspecified atom stereocenters. The molecule has 0 radical (unpaired) electrons. The Kier molecular flexibility index (Phi) is 5.59. The lowest BCUT2D eigenvalue weighted by Crippen LogP contribution is -2.39. The molecule has 6 heteroatoms. The predicted molar refractivity (Wildman–Crippen MR) is 110 cm³/mol. The van der Waals surface area contributed by atoms with Gasteiger partial charge in [-0.15, -0.1) is 0 Å². The summed E-state index contributed by atoms with van der Waals surface area (Å²) in [7, 11) is 0. The summed E-state index contributed by atoms with van der Waals surface area (Å²) in [5.74, 6) is -0.662. The normalized spacial score (nSPS) is 14.5. The van der Waals surface area contributed by atoms with Crippen LogP contribution in [0, 0.1) is 0 Å². The van der Waals surface area contributed by atoms with Gasteiger partial charge in [0.05, 0.1) is 10.6 Å². The number of nitrogens with zero attached hydrogens (tertiary/aromatic N) is 2. The monoisotopic (exact) mass is 402 g/mol. The first-order chi connectivity index (χ1) is 12.9. The maximum atomic E-state index is 13.2. The quantitative estimate of drug-likeness (QED) is 0.659. The maximum absolute atomic E-state index is 13.2. The van der Waals surface area contributed by atoms with Gasteiger partial charge in [0.2, 0.25) is 0 Å². The predicted octanol–water partition coefficient (Wildman–Crippen LogP) is 5.01. The Balaban J connectivity index is 2.26. The minimum absolute atomic E-state index is 0.266. The van der Waals surface area contributed by atoms with Crippen molar-refractivity contribution in [1.29, 1.82) is 0 Å². The number of para-hydroxylation sites is 1. The van der Waals surface area contributed by atoms with Crippen LogP contribution in [-0.2, 0) is 9.59 Å². The Bertz CT molecular complexity index is 923. The number of imide groups is 1. The van der Waals surface area contributed by atoms with Crippen molar-refractivity contribution in [3.05, 3.63) is 69.8 Å². The van der Waals surface area contributed by atoms with Crippen molar-refractivity contribution in [2.45, 2.75) is 26.8 Å². The summed E-state index contributed by atoms with van der Waals surface area (Å²) in [4.78, 5) is 29.5. The van der Waals surface area contributed by atoms with Gasteiger partial charge in [0.1, 0.15) is 5.70 Å². The lowest BCUT2D eigenvalue weighted by molar-refractivity contribution is -0.138. The number of benzene rings is 2. The average molecular weight is 403 g/mol. The van der Waals surface area contributed by atoms with Gasteiger partial charge in [-0.2, -0.15) is 0 Å². The molecule has 3 rings (SSSR count). The Hall–Kier alpha value is -2.30. The van der Waals surface area contributed by atoms with Crippen molar-refractivity contribution >= 4 is 46.3 Å². The summed E-state index contributed by atoms with van der Waals surface area (Å²) in [5.41, 5.74) is 1.99. The van der Waals surface area contributed by atoms with E-state index in [-0.39, 0.29) is 17.9 Å². The standard InChI is InChI=1S/C21H20Cl2N2O2/c1-4-24(15-8-6-5-7-9-15)19-18(16-11-10-14(22)12-17(16)23)20(26)25(13(2)3)21(19)27/h5-13H,4H2,1-3H3. The number of rotatable bonds is 5. The molecule has 0 saturated heterocycles. The molecule has 0 bridgehead atoms. The van der Waals surface area contributed by atoms with Gasteiger partial charge in [0, 0.05) is 28.9 Å². The number of amides is 2. The zero-order chi connectivity index (χ0) is 19.7. The van der Waals surface area contributed by atoms with Crippen LogP contribution in [0.2, 0.25) is 10.0 Å². The van der Waals surface area contributed by atoms with Gasteiger partial charge in [-0.05, 0) is 45.0 Å². The Morgan fingerprint density at radius 1 is 1.00 bits per heavy atom. The molecule has 0 fully saturated rings. The van der Waals surface area contributed by atoms with E-state index in [4.69, 9.17) is 23.2 Å². The lowest BCUT2D eigenvalue weighted by atomic mass is 10.0. The third-order valence-electron chi connectivity index (χ3n) is 4.46. The first-order valence-corrected chi connectivity index (χ1v) is 9.52. The lowest BCUT2D eigenvalue weighted by Gasteiger charge is -2.25. The van der Waals surface area contributed by atoms with Crippen LogP contribution in [0.4, 0.5) is 5.69 Å². The van der Waals surface area contributed by atoms with Crippen LogP contribution in [0.3, 0.4) is 0 Å². The number of carbonyl (C=O) groups excluding carboxylic acids is 2. The fourth-order valence-corrected chi connectivity index (χ4v) is 3.77. The van der Waals surface area contributed by atoms with E-state index in [1.54, 1.807) is 18.2 Å². The second-order valence-corrected chi connectivity index (χ2v) is 7.35. The third-order valence-corrected chi connectivity index (χ3v) is 5.01. The minimum Gasteiger partial charge on any atom is -0.337 e.